The molecule has 1 aromatic carbocycles. The van der Waals surface area contributed by atoms with Gasteiger partial charge in [-0.2, -0.15) is 0 Å². The van der Waals surface area contributed by atoms with E-state index in [1.165, 1.54) is 5.56 Å². The molecule has 0 unspecified atom stereocenters. The van der Waals surface area contributed by atoms with Crippen molar-refractivity contribution in [1.29, 1.82) is 0 Å². The number of nitrogens with two attached hydrogens (primary N) is 1. The molecular formula is C15H18N4O. The van der Waals surface area contributed by atoms with E-state index in [-0.39, 0.29) is 5.91 Å². The Bertz CT molecular complexity index is 595. The van der Waals surface area contributed by atoms with E-state index in [1.54, 1.807) is 30.3 Å². The third-order valence-electron chi connectivity index (χ3n) is 3.06. The summed E-state index contributed by atoms with van der Waals surface area (Å²) in [5, 5.41) is 0. The maximum absolute atomic E-state index is 12.4. The number of hydrogen-bond donors (Lipinski definition) is 2. The van der Waals surface area contributed by atoms with Gasteiger partial charge in [-0.25, -0.2) is 10.8 Å². The molecule has 0 radical (unpaired) electrons. The first kappa shape index (κ1) is 14.0. The van der Waals surface area contributed by atoms with Crippen LogP contribution in [0.3, 0.4) is 0 Å². The molecule has 2 aromatic rings. The van der Waals surface area contributed by atoms with Crippen molar-refractivity contribution in [2.45, 2.75) is 13.5 Å². The zero-order valence-corrected chi connectivity index (χ0v) is 11.6. The molecule has 0 aliphatic heterocycles. The molecule has 5 heteroatoms. The van der Waals surface area contributed by atoms with Crippen molar-refractivity contribution >= 4 is 11.7 Å². The van der Waals surface area contributed by atoms with E-state index in [2.05, 4.69) is 10.4 Å². The van der Waals surface area contributed by atoms with E-state index in [1.807, 2.05) is 31.2 Å². The number of hydrogen-bond acceptors (Lipinski definition) is 4. The zero-order valence-electron chi connectivity index (χ0n) is 11.6. The van der Waals surface area contributed by atoms with Crippen LogP contribution < -0.4 is 11.3 Å². The van der Waals surface area contributed by atoms with Gasteiger partial charge in [-0.05, 0) is 24.6 Å². The van der Waals surface area contributed by atoms with Gasteiger partial charge in [-0.1, -0.05) is 29.8 Å². The quantitative estimate of drug-likeness (QED) is 0.658. The SMILES string of the molecule is Cc1ccc(CN(C)C(=O)c2cccnc2NN)cc1. The first-order valence-corrected chi connectivity index (χ1v) is 6.34. The molecule has 2 rings (SSSR count). The van der Waals surface area contributed by atoms with Gasteiger partial charge in [0.25, 0.3) is 5.91 Å². The summed E-state index contributed by atoms with van der Waals surface area (Å²) in [6, 6.07) is 11.5. The van der Waals surface area contributed by atoms with Crippen LogP contribution >= 0.6 is 0 Å². The number of aromatic nitrogens is 1. The number of carbonyl (C=O) groups is 1. The van der Waals surface area contributed by atoms with Gasteiger partial charge in [0.15, 0.2) is 5.82 Å². The lowest BCUT2D eigenvalue weighted by Gasteiger charge is -2.18. The molecule has 0 fully saturated rings. The molecule has 0 saturated carbocycles. The number of rotatable bonds is 4. The number of benzene rings is 1. The summed E-state index contributed by atoms with van der Waals surface area (Å²) in [6.07, 6.45) is 1.59. The molecule has 0 spiro atoms. The Kier molecular flexibility index (Phi) is 4.32. The fraction of sp³-hybridized carbons (Fsp3) is 0.200. The standard InChI is InChI=1S/C15H18N4O/c1-11-5-7-12(8-6-11)10-19(2)15(20)13-4-3-9-17-14(13)18-16/h3-9H,10,16H2,1-2H3,(H,17,18). The molecule has 20 heavy (non-hydrogen) atoms. The minimum Gasteiger partial charge on any atom is -0.337 e. The molecule has 0 bridgehead atoms. The van der Waals surface area contributed by atoms with Crippen LogP contribution in [0.4, 0.5) is 5.82 Å². The number of nitrogen functional groups attached to an aromatic ring is 1. The van der Waals surface area contributed by atoms with Crippen molar-refractivity contribution < 1.29 is 4.79 Å². The lowest BCUT2D eigenvalue weighted by atomic mass is 10.1. The summed E-state index contributed by atoms with van der Waals surface area (Å²) < 4.78 is 0. The molecule has 0 atom stereocenters. The molecule has 5 nitrogen and oxygen atoms in total. The molecule has 0 aliphatic carbocycles. The van der Waals surface area contributed by atoms with Crippen molar-refractivity contribution in [3.8, 4) is 0 Å². The fourth-order valence-electron chi connectivity index (χ4n) is 1.94. The van der Waals surface area contributed by atoms with Crippen LogP contribution in [0.2, 0.25) is 0 Å². The van der Waals surface area contributed by atoms with Crippen LogP contribution in [0, 0.1) is 6.92 Å². The lowest BCUT2D eigenvalue weighted by molar-refractivity contribution is 0.0785. The summed E-state index contributed by atoms with van der Waals surface area (Å²) in [5.74, 6) is 5.64. The maximum atomic E-state index is 12.4. The number of pyridine rings is 1. The summed E-state index contributed by atoms with van der Waals surface area (Å²) >= 11 is 0. The number of amides is 1. The van der Waals surface area contributed by atoms with Gasteiger partial charge >= 0.3 is 0 Å². The van der Waals surface area contributed by atoms with Gasteiger partial charge < -0.3 is 10.3 Å². The summed E-state index contributed by atoms with van der Waals surface area (Å²) in [4.78, 5) is 18.1. The Morgan fingerprint density at radius 1 is 1.30 bits per heavy atom. The molecule has 104 valence electrons. The van der Waals surface area contributed by atoms with Crippen LogP contribution in [0.15, 0.2) is 42.6 Å². The summed E-state index contributed by atoms with van der Waals surface area (Å²) in [7, 11) is 1.76. The monoisotopic (exact) mass is 270 g/mol. The van der Waals surface area contributed by atoms with E-state index in [4.69, 9.17) is 5.84 Å². The van der Waals surface area contributed by atoms with Gasteiger partial charge in [0.1, 0.15) is 0 Å². The number of aryl methyl sites for hydroxylation is 1. The first-order chi connectivity index (χ1) is 9.61. The van der Waals surface area contributed by atoms with Gasteiger partial charge in [0.2, 0.25) is 0 Å². The van der Waals surface area contributed by atoms with Gasteiger partial charge in [0, 0.05) is 19.8 Å². The van der Waals surface area contributed by atoms with E-state index in [9.17, 15) is 4.79 Å². The smallest absolute Gasteiger partial charge is 0.257 e. The van der Waals surface area contributed by atoms with Gasteiger partial charge in [-0.3, -0.25) is 4.79 Å². The molecule has 0 aliphatic rings. The minimum atomic E-state index is -0.119. The molecule has 3 N–H and O–H groups in total. The first-order valence-electron chi connectivity index (χ1n) is 6.34. The van der Waals surface area contributed by atoms with E-state index in [0.717, 1.165) is 5.56 Å². The lowest BCUT2D eigenvalue weighted by Crippen LogP contribution is -2.28. The van der Waals surface area contributed by atoms with E-state index < -0.39 is 0 Å². The van der Waals surface area contributed by atoms with Crippen LogP contribution in [-0.2, 0) is 6.54 Å². The summed E-state index contributed by atoms with van der Waals surface area (Å²) in [6.45, 7) is 2.57. The van der Waals surface area contributed by atoms with Gasteiger partial charge in [-0.15, -0.1) is 0 Å². The largest absolute Gasteiger partial charge is 0.337 e. The molecule has 0 saturated heterocycles. The highest BCUT2D eigenvalue weighted by Gasteiger charge is 2.16. The topological polar surface area (TPSA) is 71.2 Å². The Balaban J connectivity index is 2.14. The summed E-state index contributed by atoms with van der Waals surface area (Å²) in [5.41, 5.74) is 5.19. The number of hydrazine groups is 1. The van der Waals surface area contributed by atoms with Crippen molar-refractivity contribution in [2.75, 3.05) is 12.5 Å². The normalized spacial score (nSPS) is 10.2. The van der Waals surface area contributed by atoms with Gasteiger partial charge in [0.05, 0.1) is 5.56 Å². The minimum absolute atomic E-state index is 0.119. The highest BCUT2D eigenvalue weighted by Crippen LogP contribution is 2.14. The fourth-order valence-corrected chi connectivity index (χ4v) is 1.94. The second-order valence-electron chi connectivity index (χ2n) is 4.69. The molecular weight excluding hydrogens is 252 g/mol. The predicted molar refractivity (Wildman–Crippen MR) is 79.0 cm³/mol. The van der Waals surface area contributed by atoms with Crippen LogP contribution in [-0.4, -0.2) is 22.8 Å². The third kappa shape index (κ3) is 3.13. The van der Waals surface area contributed by atoms with Crippen LogP contribution in [0.25, 0.3) is 0 Å². The van der Waals surface area contributed by atoms with E-state index >= 15 is 0 Å². The molecule has 1 aromatic heterocycles. The highest BCUT2D eigenvalue weighted by molar-refractivity contribution is 5.98. The third-order valence-corrected chi connectivity index (χ3v) is 3.06. The van der Waals surface area contributed by atoms with Crippen LogP contribution in [0.5, 0.6) is 0 Å². The number of carbonyl (C=O) groups excluding carboxylic acids is 1. The second-order valence-corrected chi connectivity index (χ2v) is 4.69. The van der Waals surface area contributed by atoms with E-state index in [0.29, 0.717) is 17.9 Å². The molecule has 1 heterocycles. The average Bonchev–Trinajstić information content (AvgIpc) is 2.48. The zero-order chi connectivity index (χ0) is 14.5. The average molecular weight is 270 g/mol. The van der Waals surface area contributed by atoms with Crippen LogP contribution in [0.1, 0.15) is 21.5 Å². The highest BCUT2D eigenvalue weighted by atomic mass is 16.2. The van der Waals surface area contributed by atoms with Crippen molar-refractivity contribution in [2.24, 2.45) is 5.84 Å². The Hall–Kier alpha value is -2.40. The predicted octanol–water partition coefficient (Wildman–Crippen LogP) is 1.95. The Morgan fingerprint density at radius 2 is 2.00 bits per heavy atom. The van der Waals surface area contributed by atoms with Crippen molar-refractivity contribution in [1.82, 2.24) is 9.88 Å². The second kappa shape index (κ2) is 6.16. The van der Waals surface area contributed by atoms with Crippen molar-refractivity contribution in [3.05, 3.63) is 59.3 Å². The Morgan fingerprint density at radius 3 is 2.65 bits per heavy atom. The maximum Gasteiger partial charge on any atom is 0.257 e. The molecule has 1 amide bonds. The number of nitrogens with zero attached hydrogens (tertiary/aromatic N) is 2. The number of anilines is 1. The number of nitrogens with one attached hydrogen (secondary N) is 1. The van der Waals surface area contributed by atoms with Crippen molar-refractivity contribution in [3.63, 3.8) is 0 Å². The Labute approximate surface area is 118 Å².